The third-order valence-corrected chi connectivity index (χ3v) is 4.98. The number of aromatic nitrogens is 1. The first-order valence-corrected chi connectivity index (χ1v) is 9.30. The number of thiazole rings is 1. The number of methoxy groups -OCH3 is 1. The molecule has 0 aliphatic carbocycles. The van der Waals surface area contributed by atoms with Gasteiger partial charge in [0.25, 0.3) is 5.91 Å². The summed E-state index contributed by atoms with van der Waals surface area (Å²) >= 11 is 1.38. The largest absolute Gasteiger partial charge is 0.465 e. The highest BCUT2D eigenvalue weighted by Crippen LogP contribution is 2.31. The first-order chi connectivity index (χ1) is 12.9. The van der Waals surface area contributed by atoms with Gasteiger partial charge >= 0.3 is 5.97 Å². The van der Waals surface area contributed by atoms with E-state index in [1.165, 1.54) is 24.0 Å². The van der Waals surface area contributed by atoms with Crippen LogP contribution in [0.3, 0.4) is 0 Å². The van der Waals surface area contributed by atoms with Crippen molar-refractivity contribution in [3.63, 3.8) is 0 Å². The lowest BCUT2D eigenvalue weighted by Gasteiger charge is -2.08. The minimum Gasteiger partial charge on any atom is -0.465 e. The number of nitrogens with zero attached hydrogens (tertiary/aromatic N) is 1. The Morgan fingerprint density at radius 3 is 2.19 bits per heavy atom. The number of hydrogen-bond donors (Lipinski definition) is 1. The Morgan fingerprint density at radius 1 is 1.00 bits per heavy atom. The molecular formula is C21H20N2O3S. The molecule has 0 aliphatic heterocycles. The molecule has 27 heavy (non-hydrogen) atoms. The number of aryl methyl sites for hydroxylation is 3. The average Bonchev–Trinajstić information content (AvgIpc) is 3.08. The van der Waals surface area contributed by atoms with Gasteiger partial charge < -0.3 is 4.74 Å². The van der Waals surface area contributed by atoms with Crippen molar-refractivity contribution in [1.82, 2.24) is 4.98 Å². The summed E-state index contributed by atoms with van der Waals surface area (Å²) in [7, 11) is 1.32. The Kier molecular flexibility index (Phi) is 5.37. The maximum absolute atomic E-state index is 12.4. The Morgan fingerprint density at radius 2 is 1.59 bits per heavy atom. The molecule has 0 bridgehead atoms. The van der Waals surface area contributed by atoms with Crippen molar-refractivity contribution in [3.8, 4) is 11.3 Å². The molecule has 3 rings (SSSR count). The normalized spacial score (nSPS) is 10.5. The smallest absolute Gasteiger partial charge is 0.337 e. The van der Waals surface area contributed by atoms with Gasteiger partial charge in [-0.15, -0.1) is 11.3 Å². The summed E-state index contributed by atoms with van der Waals surface area (Å²) in [6.07, 6.45) is 0. The topological polar surface area (TPSA) is 68.3 Å². The molecule has 0 radical (unpaired) electrons. The van der Waals surface area contributed by atoms with Gasteiger partial charge in [-0.3, -0.25) is 10.1 Å². The molecule has 1 heterocycles. The van der Waals surface area contributed by atoms with Gasteiger partial charge in [-0.2, -0.15) is 0 Å². The molecule has 1 aromatic heterocycles. The van der Waals surface area contributed by atoms with Crippen LogP contribution in [0.15, 0.2) is 41.8 Å². The Balaban J connectivity index is 1.78. The fraction of sp³-hybridized carbons (Fsp3) is 0.190. The van der Waals surface area contributed by atoms with Crippen molar-refractivity contribution in [2.24, 2.45) is 0 Å². The summed E-state index contributed by atoms with van der Waals surface area (Å²) in [5, 5.41) is 5.29. The van der Waals surface area contributed by atoms with Crippen LogP contribution in [0.2, 0.25) is 0 Å². The van der Waals surface area contributed by atoms with E-state index in [-0.39, 0.29) is 5.91 Å². The van der Waals surface area contributed by atoms with Gasteiger partial charge in [0.15, 0.2) is 5.13 Å². The first kappa shape index (κ1) is 18.8. The molecule has 0 saturated carbocycles. The predicted molar refractivity (Wildman–Crippen MR) is 107 cm³/mol. The third-order valence-electron chi connectivity index (χ3n) is 4.23. The zero-order valence-corrected chi connectivity index (χ0v) is 16.4. The SMILES string of the molecule is COC(=O)c1ccc(C(=O)Nc2nc(-c3c(C)cc(C)cc3C)cs2)cc1. The molecule has 6 heteroatoms. The van der Waals surface area contributed by atoms with E-state index < -0.39 is 5.97 Å². The van der Waals surface area contributed by atoms with Crippen LogP contribution >= 0.6 is 11.3 Å². The monoisotopic (exact) mass is 380 g/mol. The zero-order valence-electron chi connectivity index (χ0n) is 15.6. The fourth-order valence-electron chi connectivity index (χ4n) is 3.07. The number of nitrogens with one attached hydrogen (secondary N) is 1. The summed E-state index contributed by atoms with van der Waals surface area (Å²) in [4.78, 5) is 28.5. The maximum Gasteiger partial charge on any atom is 0.337 e. The maximum atomic E-state index is 12.4. The molecule has 0 atom stereocenters. The number of hydrogen-bond acceptors (Lipinski definition) is 5. The molecule has 3 aromatic rings. The highest BCUT2D eigenvalue weighted by Gasteiger charge is 2.14. The highest BCUT2D eigenvalue weighted by atomic mass is 32.1. The lowest BCUT2D eigenvalue weighted by molar-refractivity contribution is 0.0600. The van der Waals surface area contributed by atoms with Gasteiger partial charge in [0.05, 0.1) is 18.4 Å². The van der Waals surface area contributed by atoms with Crippen molar-refractivity contribution < 1.29 is 14.3 Å². The second-order valence-corrected chi connectivity index (χ2v) is 7.19. The summed E-state index contributed by atoms with van der Waals surface area (Å²) in [6.45, 7) is 6.20. The molecular weight excluding hydrogens is 360 g/mol. The predicted octanol–water partition coefficient (Wildman–Crippen LogP) is 4.77. The van der Waals surface area contributed by atoms with E-state index in [0.717, 1.165) is 22.4 Å². The minimum atomic E-state index is -0.435. The van der Waals surface area contributed by atoms with Crippen molar-refractivity contribution in [2.75, 3.05) is 12.4 Å². The van der Waals surface area contributed by atoms with Gasteiger partial charge in [0.1, 0.15) is 0 Å². The van der Waals surface area contributed by atoms with Gasteiger partial charge in [-0.25, -0.2) is 9.78 Å². The number of ether oxygens (including phenoxy) is 1. The standard InChI is InChI=1S/C21H20N2O3S/c1-12-9-13(2)18(14(3)10-12)17-11-27-21(22-17)23-19(24)15-5-7-16(8-6-15)20(25)26-4/h5-11H,1-4H3,(H,22,23,24). The molecule has 1 amide bonds. The van der Waals surface area contributed by atoms with Gasteiger partial charge in [-0.05, 0) is 56.2 Å². The Labute approximate surface area is 162 Å². The molecule has 0 spiro atoms. The number of carbonyl (C=O) groups is 2. The quantitative estimate of drug-likeness (QED) is 0.662. The van der Waals surface area contributed by atoms with Gasteiger partial charge in [0, 0.05) is 16.5 Å². The third kappa shape index (κ3) is 4.06. The zero-order chi connectivity index (χ0) is 19.6. The van der Waals surface area contributed by atoms with E-state index in [1.807, 2.05) is 5.38 Å². The van der Waals surface area contributed by atoms with Crippen LogP contribution in [0.4, 0.5) is 5.13 Å². The van der Waals surface area contributed by atoms with Crippen LogP contribution in [0.25, 0.3) is 11.3 Å². The van der Waals surface area contributed by atoms with Crippen LogP contribution in [0.5, 0.6) is 0 Å². The number of rotatable bonds is 4. The molecule has 5 nitrogen and oxygen atoms in total. The summed E-state index contributed by atoms with van der Waals surface area (Å²) < 4.78 is 4.66. The number of amides is 1. The molecule has 138 valence electrons. The van der Waals surface area contributed by atoms with Crippen molar-refractivity contribution in [1.29, 1.82) is 0 Å². The highest BCUT2D eigenvalue weighted by molar-refractivity contribution is 7.14. The molecule has 0 aliphatic rings. The van der Waals surface area contributed by atoms with Crippen LogP contribution in [0.1, 0.15) is 37.4 Å². The van der Waals surface area contributed by atoms with Crippen LogP contribution in [-0.2, 0) is 4.74 Å². The van der Waals surface area contributed by atoms with E-state index in [2.05, 4.69) is 47.9 Å². The van der Waals surface area contributed by atoms with Crippen LogP contribution in [0, 0.1) is 20.8 Å². The average molecular weight is 380 g/mol. The number of benzene rings is 2. The second kappa shape index (κ2) is 7.72. The van der Waals surface area contributed by atoms with E-state index in [4.69, 9.17) is 0 Å². The molecule has 0 fully saturated rings. The molecule has 2 aromatic carbocycles. The van der Waals surface area contributed by atoms with Gasteiger partial charge in [0.2, 0.25) is 0 Å². The van der Waals surface area contributed by atoms with Crippen LogP contribution in [-0.4, -0.2) is 24.0 Å². The summed E-state index contributed by atoms with van der Waals surface area (Å²) in [5.41, 5.74) is 6.33. The Bertz CT molecular complexity index is 984. The van der Waals surface area contributed by atoms with E-state index >= 15 is 0 Å². The lowest BCUT2D eigenvalue weighted by atomic mass is 9.98. The molecule has 0 saturated heterocycles. The van der Waals surface area contributed by atoms with E-state index in [0.29, 0.717) is 16.3 Å². The Hall–Kier alpha value is -2.99. The van der Waals surface area contributed by atoms with Crippen LogP contribution < -0.4 is 5.32 Å². The number of anilines is 1. The van der Waals surface area contributed by atoms with Gasteiger partial charge in [-0.1, -0.05) is 17.7 Å². The number of carbonyl (C=O) groups excluding carboxylic acids is 2. The van der Waals surface area contributed by atoms with Crippen molar-refractivity contribution >= 4 is 28.3 Å². The van der Waals surface area contributed by atoms with Crippen molar-refractivity contribution in [2.45, 2.75) is 20.8 Å². The minimum absolute atomic E-state index is 0.273. The second-order valence-electron chi connectivity index (χ2n) is 6.33. The summed E-state index contributed by atoms with van der Waals surface area (Å²) in [6, 6.07) is 10.6. The van der Waals surface area contributed by atoms with Crippen molar-refractivity contribution in [3.05, 3.63) is 69.6 Å². The van der Waals surface area contributed by atoms with E-state index in [9.17, 15) is 9.59 Å². The van der Waals surface area contributed by atoms with E-state index in [1.54, 1.807) is 24.3 Å². The number of esters is 1. The summed E-state index contributed by atoms with van der Waals surface area (Å²) in [5.74, 6) is -0.708. The molecule has 0 unspecified atom stereocenters. The molecule has 1 N–H and O–H groups in total. The fourth-order valence-corrected chi connectivity index (χ4v) is 3.77. The lowest BCUT2D eigenvalue weighted by Crippen LogP contribution is -2.12. The first-order valence-electron chi connectivity index (χ1n) is 8.42.